The van der Waals surface area contributed by atoms with Crippen molar-refractivity contribution in [2.24, 2.45) is 10.7 Å². The second-order valence-corrected chi connectivity index (χ2v) is 4.49. The molecule has 98 valence electrons. The molecule has 1 heterocycles. The van der Waals surface area contributed by atoms with E-state index in [0.29, 0.717) is 12.6 Å². The first-order valence-electron chi connectivity index (χ1n) is 6.52. The van der Waals surface area contributed by atoms with Crippen LogP contribution >= 0.6 is 0 Å². The van der Waals surface area contributed by atoms with Gasteiger partial charge in [-0.15, -0.1) is 0 Å². The van der Waals surface area contributed by atoms with Gasteiger partial charge in [-0.1, -0.05) is 19.1 Å². The molecule has 2 N–H and O–H groups in total. The van der Waals surface area contributed by atoms with Crippen LogP contribution in [0.15, 0.2) is 29.3 Å². The second kappa shape index (κ2) is 5.76. The van der Waals surface area contributed by atoms with Crippen molar-refractivity contribution in [1.29, 1.82) is 0 Å². The smallest absolute Gasteiger partial charge is 0.282 e. The van der Waals surface area contributed by atoms with Crippen molar-refractivity contribution in [3.8, 4) is 0 Å². The molecule has 1 atom stereocenters. The first-order chi connectivity index (χ1) is 8.72. The van der Waals surface area contributed by atoms with Gasteiger partial charge in [-0.2, -0.15) is 0 Å². The van der Waals surface area contributed by atoms with Gasteiger partial charge in [-0.05, 0) is 31.0 Å². The minimum Gasteiger partial charge on any atom is -0.463 e. The minimum atomic E-state index is 0.149. The fourth-order valence-electron chi connectivity index (χ4n) is 2.14. The van der Waals surface area contributed by atoms with Gasteiger partial charge in [0.2, 0.25) is 0 Å². The van der Waals surface area contributed by atoms with Gasteiger partial charge in [0.15, 0.2) is 0 Å². The van der Waals surface area contributed by atoms with Gasteiger partial charge in [0, 0.05) is 18.8 Å². The molecule has 0 radical (unpaired) electrons. The summed E-state index contributed by atoms with van der Waals surface area (Å²) >= 11 is 0. The molecule has 4 nitrogen and oxygen atoms in total. The molecule has 1 aromatic carbocycles. The van der Waals surface area contributed by atoms with Gasteiger partial charge in [-0.25, -0.2) is 4.99 Å². The highest BCUT2D eigenvalue weighted by atomic mass is 16.5. The third-order valence-corrected chi connectivity index (χ3v) is 3.26. The van der Waals surface area contributed by atoms with Gasteiger partial charge in [0.1, 0.15) is 12.6 Å². The highest BCUT2D eigenvalue weighted by Gasteiger charge is 2.19. The zero-order valence-corrected chi connectivity index (χ0v) is 11.1. The number of nitrogens with two attached hydrogens (primary N) is 1. The predicted molar refractivity (Wildman–Crippen MR) is 75.1 cm³/mol. The highest BCUT2D eigenvalue weighted by Crippen LogP contribution is 2.17. The standard InChI is InChI=1S/C14H21N3O/c1-3-11-5-7-13(8-6-11)17(4-2)9-12-10-18-14(15)16-12/h5-8,12H,3-4,9-10H2,1-2H3,(H2,15,16)/t12-/m0/s1. The van der Waals surface area contributed by atoms with E-state index in [1.807, 2.05) is 0 Å². The summed E-state index contributed by atoms with van der Waals surface area (Å²) in [5.41, 5.74) is 8.12. The number of anilines is 1. The van der Waals surface area contributed by atoms with Crippen molar-refractivity contribution < 1.29 is 4.74 Å². The van der Waals surface area contributed by atoms with Gasteiger partial charge in [0.05, 0.1) is 0 Å². The van der Waals surface area contributed by atoms with Gasteiger partial charge < -0.3 is 15.4 Å². The topological polar surface area (TPSA) is 50.9 Å². The summed E-state index contributed by atoms with van der Waals surface area (Å²) in [5, 5.41) is 0. The number of hydrogen-bond acceptors (Lipinski definition) is 4. The largest absolute Gasteiger partial charge is 0.463 e. The van der Waals surface area contributed by atoms with Crippen LogP contribution in [0.25, 0.3) is 0 Å². The first kappa shape index (κ1) is 12.7. The number of aliphatic imine (C=N–C) groups is 1. The number of rotatable bonds is 5. The maximum Gasteiger partial charge on any atom is 0.282 e. The molecule has 0 saturated carbocycles. The van der Waals surface area contributed by atoms with Crippen LogP contribution in [0.1, 0.15) is 19.4 Å². The van der Waals surface area contributed by atoms with Crippen LogP contribution in [-0.4, -0.2) is 31.8 Å². The Kier molecular flexibility index (Phi) is 4.07. The Bertz CT molecular complexity index is 414. The van der Waals surface area contributed by atoms with Crippen LogP contribution in [0.2, 0.25) is 0 Å². The molecule has 0 saturated heterocycles. The third-order valence-electron chi connectivity index (χ3n) is 3.26. The molecule has 0 amide bonds. The molecule has 0 unspecified atom stereocenters. The number of likely N-dealkylation sites (N-methyl/N-ethyl adjacent to an activating group) is 1. The van der Waals surface area contributed by atoms with E-state index in [0.717, 1.165) is 19.5 Å². The third kappa shape index (κ3) is 2.94. The molecule has 1 aliphatic heterocycles. The molecule has 0 fully saturated rings. The van der Waals surface area contributed by atoms with Gasteiger partial charge in [0.25, 0.3) is 6.02 Å². The first-order valence-corrected chi connectivity index (χ1v) is 6.52. The van der Waals surface area contributed by atoms with Crippen LogP contribution in [0, 0.1) is 0 Å². The molecule has 18 heavy (non-hydrogen) atoms. The summed E-state index contributed by atoms with van der Waals surface area (Å²) in [5.74, 6) is 0. The molecule has 0 bridgehead atoms. The number of ether oxygens (including phenoxy) is 1. The summed E-state index contributed by atoms with van der Waals surface area (Å²) in [6.07, 6.45) is 1.07. The lowest BCUT2D eigenvalue weighted by Gasteiger charge is -2.24. The average molecular weight is 247 g/mol. The molecule has 0 aliphatic carbocycles. The van der Waals surface area contributed by atoms with Crippen molar-refractivity contribution >= 4 is 11.7 Å². The second-order valence-electron chi connectivity index (χ2n) is 4.49. The minimum absolute atomic E-state index is 0.149. The number of hydrogen-bond donors (Lipinski definition) is 1. The average Bonchev–Trinajstić information content (AvgIpc) is 2.82. The van der Waals surface area contributed by atoms with Crippen LogP contribution in [-0.2, 0) is 11.2 Å². The monoisotopic (exact) mass is 247 g/mol. The Morgan fingerprint density at radius 3 is 2.56 bits per heavy atom. The van der Waals surface area contributed by atoms with Crippen molar-refractivity contribution in [1.82, 2.24) is 0 Å². The van der Waals surface area contributed by atoms with Crippen LogP contribution in [0.3, 0.4) is 0 Å². The molecular formula is C14H21N3O. The lowest BCUT2D eigenvalue weighted by atomic mass is 10.1. The molecule has 1 aliphatic rings. The number of aryl methyl sites for hydroxylation is 1. The summed E-state index contributed by atoms with van der Waals surface area (Å²) in [7, 11) is 0. The quantitative estimate of drug-likeness (QED) is 0.863. The fourth-order valence-corrected chi connectivity index (χ4v) is 2.14. The number of amidine groups is 1. The molecule has 0 spiro atoms. The normalized spacial score (nSPS) is 18.3. The summed E-state index contributed by atoms with van der Waals surface area (Å²) in [6.45, 7) is 6.71. The van der Waals surface area contributed by atoms with E-state index < -0.39 is 0 Å². The van der Waals surface area contributed by atoms with E-state index in [4.69, 9.17) is 10.5 Å². The fraction of sp³-hybridized carbons (Fsp3) is 0.500. The van der Waals surface area contributed by atoms with Crippen molar-refractivity contribution in [2.75, 3.05) is 24.6 Å². The van der Waals surface area contributed by atoms with E-state index in [9.17, 15) is 0 Å². The Morgan fingerprint density at radius 2 is 2.06 bits per heavy atom. The van der Waals surface area contributed by atoms with Crippen LogP contribution in [0.5, 0.6) is 0 Å². The maximum absolute atomic E-state index is 5.53. The Morgan fingerprint density at radius 1 is 1.33 bits per heavy atom. The lowest BCUT2D eigenvalue weighted by Crippen LogP contribution is -2.32. The molecule has 2 rings (SSSR count). The molecule has 0 aromatic heterocycles. The van der Waals surface area contributed by atoms with Gasteiger partial charge >= 0.3 is 0 Å². The number of nitrogens with zero attached hydrogens (tertiary/aromatic N) is 2. The van der Waals surface area contributed by atoms with Crippen molar-refractivity contribution in [2.45, 2.75) is 26.3 Å². The van der Waals surface area contributed by atoms with Crippen molar-refractivity contribution in [3.63, 3.8) is 0 Å². The Hall–Kier alpha value is -1.71. The Balaban J connectivity index is 2.03. The number of benzene rings is 1. The SMILES string of the molecule is CCc1ccc(N(CC)C[C@H]2COC(N)=N2)cc1. The van der Waals surface area contributed by atoms with E-state index in [2.05, 4.69) is 48.0 Å². The summed E-state index contributed by atoms with van der Waals surface area (Å²) in [6, 6.07) is 9.17. The molecule has 1 aromatic rings. The van der Waals surface area contributed by atoms with E-state index in [-0.39, 0.29) is 6.04 Å². The zero-order valence-electron chi connectivity index (χ0n) is 11.1. The van der Waals surface area contributed by atoms with E-state index in [1.54, 1.807) is 0 Å². The molecular weight excluding hydrogens is 226 g/mol. The predicted octanol–water partition coefficient (Wildman–Crippen LogP) is 1.79. The highest BCUT2D eigenvalue weighted by molar-refractivity contribution is 5.73. The lowest BCUT2D eigenvalue weighted by molar-refractivity contribution is 0.313. The van der Waals surface area contributed by atoms with E-state index in [1.165, 1.54) is 11.3 Å². The van der Waals surface area contributed by atoms with Crippen LogP contribution < -0.4 is 10.6 Å². The summed E-state index contributed by atoms with van der Waals surface area (Å²) in [4.78, 5) is 6.57. The van der Waals surface area contributed by atoms with Crippen LogP contribution in [0.4, 0.5) is 5.69 Å². The van der Waals surface area contributed by atoms with Crippen molar-refractivity contribution in [3.05, 3.63) is 29.8 Å². The van der Waals surface area contributed by atoms with Gasteiger partial charge in [-0.3, -0.25) is 0 Å². The molecule has 4 heteroatoms. The van der Waals surface area contributed by atoms with E-state index >= 15 is 0 Å². The summed E-state index contributed by atoms with van der Waals surface area (Å²) < 4.78 is 5.18. The Labute approximate surface area is 108 Å². The zero-order chi connectivity index (χ0) is 13.0. The maximum atomic E-state index is 5.53.